The summed E-state index contributed by atoms with van der Waals surface area (Å²) in [5.74, 6) is -5.11. The molecular weight excluding hydrogens is 367 g/mol. The zero-order valence-electron chi connectivity index (χ0n) is 13.3. The van der Waals surface area contributed by atoms with Crippen molar-refractivity contribution >= 4 is 17.6 Å². The Morgan fingerprint density at radius 2 is 2.00 bits per heavy atom. The molecule has 1 amide bonds. The van der Waals surface area contributed by atoms with Crippen LogP contribution in [0.2, 0.25) is 0 Å². The van der Waals surface area contributed by atoms with Gasteiger partial charge in [0.2, 0.25) is 0 Å². The second-order valence-electron chi connectivity index (χ2n) is 5.23. The molecule has 0 aromatic heterocycles. The summed E-state index contributed by atoms with van der Waals surface area (Å²) in [6.07, 6.45) is -5.18. The van der Waals surface area contributed by atoms with Crippen LogP contribution in [-0.2, 0) is 20.5 Å². The van der Waals surface area contributed by atoms with Crippen molar-refractivity contribution in [3.05, 3.63) is 40.6 Å². The van der Waals surface area contributed by atoms with Crippen molar-refractivity contribution in [2.75, 3.05) is 32.1 Å². The molecule has 1 aliphatic heterocycles. The lowest BCUT2D eigenvalue weighted by Crippen LogP contribution is -2.31. The maximum absolute atomic E-state index is 13.7. The van der Waals surface area contributed by atoms with Gasteiger partial charge in [-0.2, -0.15) is 13.2 Å². The van der Waals surface area contributed by atoms with Crippen molar-refractivity contribution in [3.8, 4) is 0 Å². The molecule has 0 aliphatic carbocycles. The van der Waals surface area contributed by atoms with Crippen LogP contribution in [0.1, 0.15) is 5.56 Å². The summed E-state index contributed by atoms with van der Waals surface area (Å²) in [7, 11) is 0.995. The zero-order chi connectivity index (χ0) is 19.6. The number of nitrogens with one attached hydrogen (secondary N) is 1. The summed E-state index contributed by atoms with van der Waals surface area (Å²) in [6, 6.07) is 0.411. The molecule has 0 spiro atoms. The van der Waals surface area contributed by atoms with Gasteiger partial charge >= 0.3 is 12.1 Å². The van der Waals surface area contributed by atoms with E-state index in [1.54, 1.807) is 0 Å². The Hall–Kier alpha value is -2.69. The highest BCUT2D eigenvalue weighted by molar-refractivity contribution is 6.08. The minimum absolute atomic E-state index is 0.0537. The van der Waals surface area contributed by atoms with E-state index in [0.29, 0.717) is 6.07 Å². The first-order valence-corrected chi connectivity index (χ1v) is 7.15. The Bertz CT molecular complexity index is 776. The third kappa shape index (κ3) is 3.77. The number of hydrogen-bond acceptors (Lipinski definition) is 5. The lowest BCUT2D eigenvalue weighted by molar-refractivity contribution is -0.139. The van der Waals surface area contributed by atoms with Crippen LogP contribution in [0.3, 0.4) is 0 Å². The highest BCUT2D eigenvalue weighted by Gasteiger charge is 2.40. The zero-order valence-corrected chi connectivity index (χ0v) is 13.3. The molecule has 1 heterocycles. The second-order valence-corrected chi connectivity index (χ2v) is 5.23. The van der Waals surface area contributed by atoms with Crippen molar-refractivity contribution in [2.24, 2.45) is 0 Å². The van der Waals surface area contributed by atoms with Gasteiger partial charge in [0.1, 0.15) is 22.9 Å². The van der Waals surface area contributed by atoms with Gasteiger partial charge in [0.15, 0.2) is 0 Å². The largest absolute Gasteiger partial charge is 0.466 e. The number of aliphatic hydroxyl groups excluding tert-OH is 1. The van der Waals surface area contributed by atoms with Gasteiger partial charge in [-0.15, -0.1) is 0 Å². The Morgan fingerprint density at radius 3 is 2.54 bits per heavy atom. The van der Waals surface area contributed by atoms with E-state index >= 15 is 0 Å². The third-order valence-corrected chi connectivity index (χ3v) is 3.55. The number of carbonyl (C=O) groups excluding carboxylic acids is 2. The fraction of sp³-hybridized carbons (Fsp3) is 0.333. The Kier molecular flexibility index (Phi) is 5.50. The van der Waals surface area contributed by atoms with Gasteiger partial charge in [0.25, 0.3) is 5.91 Å². The number of β-amino-alcohol motifs (C(OH)–C–C–N with tert-alkyl or cyclic N) is 1. The Morgan fingerprint density at radius 1 is 1.35 bits per heavy atom. The van der Waals surface area contributed by atoms with Crippen LogP contribution >= 0.6 is 0 Å². The fourth-order valence-electron chi connectivity index (χ4n) is 2.44. The van der Waals surface area contributed by atoms with E-state index in [0.717, 1.165) is 12.0 Å². The number of methoxy groups -OCH3 is 1. The molecule has 0 bridgehead atoms. The maximum Gasteiger partial charge on any atom is 0.421 e. The van der Waals surface area contributed by atoms with Crippen molar-refractivity contribution < 1.29 is 41.4 Å². The number of amides is 1. The number of nitrogens with zero attached hydrogens (tertiary/aromatic N) is 1. The molecule has 142 valence electrons. The van der Waals surface area contributed by atoms with Gasteiger partial charge in [-0.05, 0) is 6.07 Å². The standard InChI is InChI=1S/C15H13F5N2O4/c1-26-14(25)8-6-22(2-3-23)13(24)12(8)21-10-5-7(16)4-9(17)11(10)15(18,19)20/h4-5,21,23H,2-3,6H2,1H3. The smallest absolute Gasteiger partial charge is 0.421 e. The van der Waals surface area contributed by atoms with Crippen molar-refractivity contribution in [1.82, 2.24) is 4.90 Å². The summed E-state index contributed by atoms with van der Waals surface area (Å²) in [4.78, 5) is 25.0. The van der Waals surface area contributed by atoms with Crippen molar-refractivity contribution in [2.45, 2.75) is 6.18 Å². The molecule has 11 heteroatoms. The summed E-state index contributed by atoms with van der Waals surface area (Å²) in [5.41, 5.74) is -3.82. The monoisotopic (exact) mass is 380 g/mol. The number of hydrogen-bond donors (Lipinski definition) is 2. The van der Waals surface area contributed by atoms with E-state index in [1.165, 1.54) is 0 Å². The Balaban J connectivity index is 2.54. The number of esters is 1. The van der Waals surface area contributed by atoms with Crippen LogP contribution in [0.25, 0.3) is 0 Å². The molecule has 1 aromatic carbocycles. The molecule has 1 aromatic rings. The summed E-state index contributed by atoms with van der Waals surface area (Å²) in [5, 5.41) is 10.9. The molecule has 2 N–H and O–H groups in total. The first-order valence-electron chi connectivity index (χ1n) is 7.15. The van der Waals surface area contributed by atoms with E-state index in [4.69, 9.17) is 5.11 Å². The summed E-state index contributed by atoms with van der Waals surface area (Å²) >= 11 is 0. The molecule has 1 aliphatic rings. The van der Waals surface area contributed by atoms with Gasteiger partial charge in [0, 0.05) is 12.6 Å². The molecule has 6 nitrogen and oxygen atoms in total. The lowest BCUT2D eigenvalue weighted by atomic mass is 10.1. The maximum atomic E-state index is 13.7. The SMILES string of the molecule is COC(=O)C1=C(Nc2cc(F)cc(F)c2C(F)(F)F)C(=O)N(CCO)C1. The van der Waals surface area contributed by atoms with Crippen LogP contribution in [0.4, 0.5) is 27.6 Å². The highest BCUT2D eigenvalue weighted by atomic mass is 19.4. The third-order valence-electron chi connectivity index (χ3n) is 3.55. The predicted octanol–water partition coefficient (Wildman–Crippen LogP) is 1.66. The fourth-order valence-corrected chi connectivity index (χ4v) is 2.44. The average molecular weight is 380 g/mol. The van der Waals surface area contributed by atoms with Crippen molar-refractivity contribution in [1.29, 1.82) is 0 Å². The number of ether oxygens (including phenoxy) is 1. The lowest BCUT2D eigenvalue weighted by Gasteiger charge is -2.17. The topological polar surface area (TPSA) is 78.9 Å². The van der Waals surface area contributed by atoms with Gasteiger partial charge in [-0.3, -0.25) is 4.79 Å². The molecule has 0 saturated carbocycles. The van der Waals surface area contributed by atoms with Gasteiger partial charge in [0.05, 0.1) is 31.5 Å². The van der Waals surface area contributed by atoms with Crippen LogP contribution in [-0.4, -0.2) is 48.7 Å². The first-order chi connectivity index (χ1) is 12.1. The number of benzene rings is 1. The molecule has 0 radical (unpaired) electrons. The molecule has 0 saturated heterocycles. The molecule has 26 heavy (non-hydrogen) atoms. The van der Waals surface area contributed by atoms with Crippen molar-refractivity contribution in [3.63, 3.8) is 0 Å². The van der Waals surface area contributed by atoms with Crippen LogP contribution < -0.4 is 5.32 Å². The molecule has 2 rings (SSSR count). The van der Waals surface area contributed by atoms with Gasteiger partial charge in [-0.25, -0.2) is 13.6 Å². The first kappa shape index (κ1) is 19.6. The second kappa shape index (κ2) is 7.28. The quantitative estimate of drug-likeness (QED) is 0.600. The van der Waals surface area contributed by atoms with Crippen LogP contribution in [0.5, 0.6) is 0 Å². The van der Waals surface area contributed by atoms with E-state index < -0.39 is 53.2 Å². The number of aliphatic hydroxyl groups is 1. The van der Waals surface area contributed by atoms with Gasteiger partial charge < -0.3 is 20.1 Å². The summed E-state index contributed by atoms with van der Waals surface area (Å²) < 4.78 is 70.8. The van der Waals surface area contributed by atoms with E-state index in [2.05, 4.69) is 4.74 Å². The average Bonchev–Trinajstić information content (AvgIpc) is 2.82. The van der Waals surface area contributed by atoms with Crippen LogP contribution in [0, 0.1) is 11.6 Å². The Labute approximate surface area is 143 Å². The highest BCUT2D eigenvalue weighted by Crippen LogP contribution is 2.38. The number of carbonyl (C=O) groups is 2. The number of alkyl halides is 3. The minimum Gasteiger partial charge on any atom is -0.466 e. The molecular formula is C15H13F5N2O4. The molecule has 0 fully saturated rings. The number of halogens is 5. The molecule has 0 unspecified atom stereocenters. The van der Waals surface area contributed by atoms with E-state index in [-0.39, 0.29) is 24.7 Å². The van der Waals surface area contributed by atoms with Gasteiger partial charge in [-0.1, -0.05) is 0 Å². The predicted molar refractivity (Wildman–Crippen MR) is 77.7 cm³/mol. The van der Waals surface area contributed by atoms with E-state index in [9.17, 15) is 31.5 Å². The normalized spacial score (nSPS) is 14.9. The number of rotatable bonds is 5. The van der Waals surface area contributed by atoms with E-state index in [1.807, 2.05) is 5.32 Å². The number of anilines is 1. The minimum atomic E-state index is -5.18. The molecule has 0 atom stereocenters. The summed E-state index contributed by atoms with van der Waals surface area (Å²) in [6.45, 7) is -1.00. The van der Waals surface area contributed by atoms with Crippen LogP contribution in [0.15, 0.2) is 23.4 Å².